The summed E-state index contributed by atoms with van der Waals surface area (Å²) in [6, 6.07) is 15.9. The van der Waals surface area contributed by atoms with Crippen molar-refractivity contribution >= 4 is 35.0 Å². The van der Waals surface area contributed by atoms with Gasteiger partial charge in [0.1, 0.15) is 0 Å². The average molecular weight is 384 g/mol. The Morgan fingerprint density at radius 1 is 1.11 bits per heavy atom. The summed E-state index contributed by atoms with van der Waals surface area (Å²) in [6.07, 6.45) is 1.59. The van der Waals surface area contributed by atoms with Gasteiger partial charge in [-0.1, -0.05) is 18.2 Å². The maximum absolute atomic E-state index is 12.2. The van der Waals surface area contributed by atoms with Crippen molar-refractivity contribution < 1.29 is 9.59 Å². The molecule has 0 spiro atoms. The summed E-state index contributed by atoms with van der Waals surface area (Å²) in [5, 5.41) is 2.94. The topological polar surface area (TPSA) is 75.4 Å². The van der Waals surface area contributed by atoms with Gasteiger partial charge in [0.25, 0.3) is 0 Å². The number of hydrogen-bond donors (Lipinski definition) is 2. The molecule has 2 aromatic rings. The van der Waals surface area contributed by atoms with Crippen molar-refractivity contribution in [3.05, 3.63) is 54.1 Å². The minimum Gasteiger partial charge on any atom is -0.371 e. The number of nitrogens with two attached hydrogens (primary N) is 1. The standard InChI is InChI=1S/C21H25N3O2S/c1-15-4-2-3-5-19(15)27-14-20(25)23-17-6-8-18(9-7-17)24-12-10-16(11-13-24)21(22)26/h2-9,16H,10-14H2,1H3,(H2,22,26)(H,23,25). The van der Waals surface area contributed by atoms with E-state index in [4.69, 9.17) is 5.73 Å². The highest BCUT2D eigenvalue weighted by molar-refractivity contribution is 8.00. The van der Waals surface area contributed by atoms with E-state index in [0.29, 0.717) is 5.75 Å². The zero-order chi connectivity index (χ0) is 19.2. The summed E-state index contributed by atoms with van der Waals surface area (Å²) >= 11 is 1.54. The Hall–Kier alpha value is -2.47. The molecule has 0 aliphatic carbocycles. The molecule has 0 aromatic heterocycles. The smallest absolute Gasteiger partial charge is 0.234 e. The molecule has 1 fully saturated rings. The summed E-state index contributed by atoms with van der Waals surface area (Å²) in [4.78, 5) is 26.8. The number of benzene rings is 2. The van der Waals surface area contributed by atoms with E-state index in [-0.39, 0.29) is 17.7 Å². The Labute approximate surface area is 164 Å². The SMILES string of the molecule is Cc1ccccc1SCC(=O)Nc1ccc(N2CCC(C(N)=O)CC2)cc1. The highest BCUT2D eigenvalue weighted by Gasteiger charge is 2.23. The second kappa shape index (κ2) is 8.95. The van der Waals surface area contributed by atoms with Gasteiger partial charge < -0.3 is 16.0 Å². The van der Waals surface area contributed by atoms with Crippen LogP contribution in [0.5, 0.6) is 0 Å². The Morgan fingerprint density at radius 3 is 2.41 bits per heavy atom. The predicted octanol–water partition coefficient (Wildman–Crippen LogP) is 3.43. The fourth-order valence-electron chi connectivity index (χ4n) is 3.24. The first-order valence-corrected chi connectivity index (χ1v) is 10.1. The fourth-order valence-corrected chi connectivity index (χ4v) is 4.07. The van der Waals surface area contributed by atoms with E-state index in [9.17, 15) is 9.59 Å². The zero-order valence-electron chi connectivity index (χ0n) is 15.5. The Balaban J connectivity index is 1.49. The number of carbonyl (C=O) groups is 2. The van der Waals surface area contributed by atoms with Crippen LogP contribution in [0.1, 0.15) is 18.4 Å². The van der Waals surface area contributed by atoms with Gasteiger partial charge in [-0.15, -0.1) is 11.8 Å². The number of anilines is 2. The van der Waals surface area contributed by atoms with Gasteiger partial charge in [-0.2, -0.15) is 0 Å². The van der Waals surface area contributed by atoms with Crippen molar-refractivity contribution in [2.24, 2.45) is 11.7 Å². The summed E-state index contributed by atoms with van der Waals surface area (Å²) in [7, 11) is 0. The average Bonchev–Trinajstić information content (AvgIpc) is 2.68. The van der Waals surface area contributed by atoms with Crippen LogP contribution in [-0.2, 0) is 9.59 Å². The van der Waals surface area contributed by atoms with Crippen molar-refractivity contribution in [3.63, 3.8) is 0 Å². The number of primary amides is 1. The van der Waals surface area contributed by atoms with Crippen molar-refractivity contribution in [1.82, 2.24) is 0 Å². The molecule has 1 aliphatic heterocycles. The molecule has 1 heterocycles. The van der Waals surface area contributed by atoms with Crippen LogP contribution in [0.2, 0.25) is 0 Å². The van der Waals surface area contributed by atoms with Crippen LogP contribution in [0.4, 0.5) is 11.4 Å². The number of rotatable bonds is 6. The van der Waals surface area contributed by atoms with E-state index in [0.717, 1.165) is 42.2 Å². The largest absolute Gasteiger partial charge is 0.371 e. The number of hydrogen-bond acceptors (Lipinski definition) is 4. The van der Waals surface area contributed by atoms with Crippen LogP contribution in [0.3, 0.4) is 0 Å². The summed E-state index contributed by atoms with van der Waals surface area (Å²) in [6.45, 7) is 3.70. The molecular formula is C21H25N3O2S. The number of aryl methyl sites for hydroxylation is 1. The molecule has 5 nitrogen and oxygen atoms in total. The van der Waals surface area contributed by atoms with Crippen LogP contribution < -0.4 is 16.0 Å². The maximum atomic E-state index is 12.2. The molecule has 0 bridgehead atoms. The lowest BCUT2D eigenvalue weighted by molar-refractivity contribution is -0.122. The molecule has 1 aliphatic rings. The summed E-state index contributed by atoms with van der Waals surface area (Å²) in [5.74, 6) is 0.160. The lowest BCUT2D eigenvalue weighted by Gasteiger charge is -2.32. The van der Waals surface area contributed by atoms with Gasteiger partial charge >= 0.3 is 0 Å². The van der Waals surface area contributed by atoms with Crippen LogP contribution in [-0.4, -0.2) is 30.7 Å². The van der Waals surface area contributed by atoms with Gasteiger partial charge in [-0.25, -0.2) is 0 Å². The summed E-state index contributed by atoms with van der Waals surface area (Å²) < 4.78 is 0. The lowest BCUT2D eigenvalue weighted by atomic mass is 9.96. The van der Waals surface area contributed by atoms with Crippen LogP contribution in [0.15, 0.2) is 53.4 Å². The third-order valence-corrected chi connectivity index (χ3v) is 6.04. The molecule has 1 saturated heterocycles. The minimum absolute atomic E-state index is 0.00874. The third kappa shape index (κ3) is 5.26. The van der Waals surface area contributed by atoms with Crippen LogP contribution in [0.25, 0.3) is 0 Å². The molecule has 3 rings (SSSR count). The second-order valence-corrected chi connectivity index (χ2v) is 7.83. The number of nitrogens with one attached hydrogen (secondary N) is 1. The summed E-state index contributed by atoms with van der Waals surface area (Å²) in [5.41, 5.74) is 8.46. The number of thioether (sulfide) groups is 1. The lowest BCUT2D eigenvalue weighted by Crippen LogP contribution is -2.38. The van der Waals surface area contributed by atoms with Gasteiger partial charge in [0.15, 0.2) is 0 Å². The molecule has 3 N–H and O–H groups in total. The molecule has 2 amide bonds. The highest BCUT2D eigenvalue weighted by Crippen LogP contribution is 2.25. The molecule has 27 heavy (non-hydrogen) atoms. The van der Waals surface area contributed by atoms with E-state index < -0.39 is 0 Å². The first-order valence-electron chi connectivity index (χ1n) is 9.15. The van der Waals surface area contributed by atoms with Gasteiger partial charge in [0.05, 0.1) is 5.75 Å². The van der Waals surface area contributed by atoms with Crippen molar-refractivity contribution in [1.29, 1.82) is 0 Å². The van der Waals surface area contributed by atoms with Crippen LogP contribution >= 0.6 is 11.8 Å². The molecule has 0 atom stereocenters. The van der Waals surface area contributed by atoms with Gasteiger partial charge in [0.2, 0.25) is 11.8 Å². The van der Waals surface area contributed by atoms with Gasteiger partial charge in [0, 0.05) is 35.3 Å². The van der Waals surface area contributed by atoms with Crippen molar-refractivity contribution in [2.75, 3.05) is 29.1 Å². The molecule has 0 unspecified atom stereocenters. The first-order chi connectivity index (χ1) is 13.0. The maximum Gasteiger partial charge on any atom is 0.234 e. The van der Waals surface area contributed by atoms with E-state index >= 15 is 0 Å². The first kappa shape index (κ1) is 19.3. The van der Waals surface area contributed by atoms with Crippen molar-refractivity contribution in [2.45, 2.75) is 24.7 Å². The quantitative estimate of drug-likeness (QED) is 0.750. The van der Waals surface area contributed by atoms with Crippen LogP contribution in [0, 0.1) is 12.8 Å². The Kier molecular flexibility index (Phi) is 6.40. The normalized spacial score (nSPS) is 14.8. The molecule has 2 aromatic carbocycles. The molecule has 0 saturated carbocycles. The predicted molar refractivity (Wildman–Crippen MR) is 111 cm³/mol. The Morgan fingerprint density at radius 2 is 1.78 bits per heavy atom. The molecule has 6 heteroatoms. The van der Waals surface area contributed by atoms with E-state index in [1.165, 1.54) is 5.56 Å². The molecule has 142 valence electrons. The zero-order valence-corrected chi connectivity index (χ0v) is 16.3. The number of nitrogens with zero attached hydrogens (tertiary/aromatic N) is 1. The molecular weight excluding hydrogens is 358 g/mol. The minimum atomic E-state index is -0.198. The number of carbonyl (C=O) groups excluding carboxylic acids is 2. The van der Waals surface area contributed by atoms with Gasteiger partial charge in [-0.05, 0) is 55.7 Å². The van der Waals surface area contributed by atoms with E-state index in [2.05, 4.69) is 10.2 Å². The second-order valence-electron chi connectivity index (χ2n) is 6.81. The monoisotopic (exact) mass is 383 g/mol. The third-order valence-electron chi connectivity index (χ3n) is 4.87. The number of piperidine rings is 1. The Bertz CT molecular complexity index is 799. The highest BCUT2D eigenvalue weighted by atomic mass is 32.2. The van der Waals surface area contributed by atoms with E-state index in [1.807, 2.05) is 55.5 Å². The van der Waals surface area contributed by atoms with E-state index in [1.54, 1.807) is 11.8 Å². The molecule has 0 radical (unpaired) electrons. The van der Waals surface area contributed by atoms with Gasteiger partial charge in [-0.3, -0.25) is 9.59 Å². The fraction of sp³-hybridized carbons (Fsp3) is 0.333. The van der Waals surface area contributed by atoms with Crippen molar-refractivity contribution in [3.8, 4) is 0 Å². The number of amides is 2.